The van der Waals surface area contributed by atoms with E-state index >= 15 is 0 Å². The van der Waals surface area contributed by atoms with Gasteiger partial charge in [-0.05, 0) is 36.6 Å². The van der Waals surface area contributed by atoms with Gasteiger partial charge < -0.3 is 12.7 Å². The first-order chi connectivity index (χ1) is 13.5. The van der Waals surface area contributed by atoms with E-state index in [9.17, 15) is 4.79 Å². The molecule has 2 atom stereocenters. The van der Waals surface area contributed by atoms with Crippen molar-refractivity contribution in [1.29, 1.82) is 0 Å². The van der Waals surface area contributed by atoms with E-state index in [1.165, 1.54) is 0 Å². The molecule has 4 nitrogen and oxygen atoms in total. The molecule has 0 spiro atoms. The van der Waals surface area contributed by atoms with Gasteiger partial charge in [-0.15, -0.1) is 0 Å². The zero-order chi connectivity index (χ0) is 24.1. The van der Waals surface area contributed by atoms with Gasteiger partial charge in [0.2, 0.25) is 0 Å². The van der Waals surface area contributed by atoms with E-state index in [0.717, 1.165) is 12.8 Å². The Balaban J connectivity index is 6.39. The zero-order valence-electron chi connectivity index (χ0n) is 22.1. The van der Waals surface area contributed by atoms with Crippen molar-refractivity contribution in [3.05, 3.63) is 12.2 Å². The number of carbonyl (C=O) groups is 1. The minimum atomic E-state index is -2.92. The second-order valence-corrected chi connectivity index (χ2v) is 23.7. The normalized spacial score (nSPS) is 17.2. The molecular weight excluding hydrogens is 425 g/mol. The Bertz CT molecular complexity index is 541. The summed E-state index contributed by atoms with van der Waals surface area (Å²) in [6, 6.07) is 0. The van der Waals surface area contributed by atoms with Crippen LogP contribution in [-0.2, 0) is 17.5 Å². The highest BCUT2D eigenvalue weighted by atomic mass is 28.5. The lowest BCUT2D eigenvalue weighted by Gasteiger charge is -2.50. The highest BCUT2D eigenvalue weighted by molar-refractivity contribution is 6.90. The van der Waals surface area contributed by atoms with Crippen molar-refractivity contribution in [2.45, 2.75) is 130 Å². The van der Waals surface area contributed by atoms with Crippen LogP contribution in [-0.4, -0.2) is 31.4 Å². The van der Waals surface area contributed by atoms with Crippen LogP contribution in [0.2, 0.25) is 40.8 Å². The lowest BCUT2D eigenvalue weighted by molar-refractivity contribution is -0.132. The van der Waals surface area contributed by atoms with Gasteiger partial charge in [0.1, 0.15) is 0 Å². The molecule has 0 saturated heterocycles. The Hall–Kier alpha value is -0.219. The largest absolute Gasteiger partial charge is 0.491 e. The number of hydrogen-bond donors (Lipinski definition) is 0. The molecule has 0 aliphatic rings. The molecule has 178 valence electrons. The summed E-state index contributed by atoms with van der Waals surface area (Å²) in [6.07, 6.45) is 1.82. The molecule has 7 heteroatoms. The molecule has 0 aliphatic heterocycles. The van der Waals surface area contributed by atoms with E-state index in [-0.39, 0.29) is 17.1 Å². The van der Waals surface area contributed by atoms with Crippen LogP contribution in [0.5, 0.6) is 0 Å². The van der Waals surface area contributed by atoms with E-state index in [2.05, 4.69) is 88.9 Å². The fraction of sp³-hybridized carbons (Fsp3) is 0.870. The molecule has 0 aliphatic carbocycles. The minimum absolute atomic E-state index is 0.180. The first-order valence-electron chi connectivity index (χ1n) is 11.8. The summed E-state index contributed by atoms with van der Waals surface area (Å²) in [5.41, 5.74) is 2.23. The molecule has 2 unspecified atom stereocenters. The number of carbonyl (C=O) groups excluding carboxylic acids is 1. The van der Waals surface area contributed by atoms with Crippen LogP contribution in [0.15, 0.2) is 12.2 Å². The van der Waals surface area contributed by atoms with Crippen molar-refractivity contribution in [2.24, 2.45) is 0 Å². The summed E-state index contributed by atoms with van der Waals surface area (Å²) < 4.78 is 20.5. The first-order valence-corrected chi connectivity index (χ1v) is 18.8. The Morgan fingerprint density at radius 2 is 1.17 bits per heavy atom. The molecule has 0 radical (unpaired) electrons. The van der Waals surface area contributed by atoms with Crippen LogP contribution < -0.4 is 0 Å². The standard InChI is InChI=1S/C23H50O4Si3/c1-15-21(11)30(22(12)16-2,25-23(24)17(3)4)27-28(13,14)26-29(18(5)6,19(7)8)20(9)10/h18-22H,3,15-16H2,1-2,4-14H3. The van der Waals surface area contributed by atoms with Gasteiger partial charge in [0, 0.05) is 16.7 Å². The third-order valence-corrected chi connectivity index (χ3v) is 22.8. The van der Waals surface area contributed by atoms with Gasteiger partial charge in [-0.1, -0.05) is 88.7 Å². The van der Waals surface area contributed by atoms with E-state index in [1.807, 2.05) is 0 Å². The molecule has 0 bridgehead atoms. The van der Waals surface area contributed by atoms with Crippen molar-refractivity contribution in [3.8, 4) is 0 Å². The van der Waals surface area contributed by atoms with Crippen LogP contribution in [0.1, 0.15) is 89.0 Å². The Morgan fingerprint density at radius 1 is 0.800 bits per heavy atom. The topological polar surface area (TPSA) is 44.8 Å². The average molecular weight is 475 g/mol. The van der Waals surface area contributed by atoms with Gasteiger partial charge in [-0.2, -0.15) is 0 Å². The van der Waals surface area contributed by atoms with Gasteiger partial charge in [-0.3, -0.25) is 0 Å². The Labute approximate surface area is 190 Å². The second-order valence-electron chi connectivity index (χ2n) is 10.4. The Kier molecular flexibility index (Phi) is 11.5. The molecule has 0 amide bonds. The Morgan fingerprint density at radius 3 is 1.43 bits per heavy atom. The molecule has 30 heavy (non-hydrogen) atoms. The molecule has 0 aromatic heterocycles. The predicted octanol–water partition coefficient (Wildman–Crippen LogP) is 8.06. The maximum absolute atomic E-state index is 12.7. The predicted molar refractivity (Wildman–Crippen MR) is 137 cm³/mol. The molecule has 0 N–H and O–H groups in total. The van der Waals surface area contributed by atoms with E-state index in [1.54, 1.807) is 6.92 Å². The smallest absolute Gasteiger partial charge is 0.398 e. The summed E-state index contributed by atoms with van der Waals surface area (Å²) in [7, 11) is -7.64. The van der Waals surface area contributed by atoms with E-state index in [0.29, 0.717) is 22.2 Å². The maximum atomic E-state index is 12.7. The molecule has 0 rings (SSSR count). The quantitative estimate of drug-likeness (QED) is 0.200. The lowest BCUT2D eigenvalue weighted by atomic mass is 10.3. The zero-order valence-corrected chi connectivity index (χ0v) is 25.1. The number of rotatable bonds is 13. The van der Waals surface area contributed by atoms with E-state index in [4.69, 9.17) is 12.7 Å². The van der Waals surface area contributed by atoms with Crippen molar-refractivity contribution in [1.82, 2.24) is 0 Å². The molecule has 0 aromatic carbocycles. The number of hydrogen-bond acceptors (Lipinski definition) is 4. The fourth-order valence-corrected chi connectivity index (χ4v) is 23.5. The summed E-state index contributed by atoms with van der Waals surface area (Å²) in [5, 5.41) is 0. The highest BCUT2D eigenvalue weighted by Crippen LogP contribution is 2.47. The molecule has 0 saturated carbocycles. The van der Waals surface area contributed by atoms with Crippen LogP contribution in [0.3, 0.4) is 0 Å². The average Bonchev–Trinajstić information content (AvgIpc) is 2.62. The fourth-order valence-electron chi connectivity index (χ4n) is 4.89. The van der Waals surface area contributed by atoms with Gasteiger partial charge in [0.25, 0.3) is 0 Å². The van der Waals surface area contributed by atoms with Gasteiger partial charge >= 0.3 is 23.1 Å². The van der Waals surface area contributed by atoms with Gasteiger partial charge in [0.05, 0.1) is 0 Å². The molecule has 0 heterocycles. The summed E-state index contributed by atoms with van der Waals surface area (Å²) in [4.78, 5) is 12.7. The lowest BCUT2D eigenvalue weighted by Crippen LogP contribution is -2.62. The van der Waals surface area contributed by atoms with Crippen LogP contribution in [0.25, 0.3) is 0 Å². The third kappa shape index (κ3) is 6.64. The minimum Gasteiger partial charge on any atom is -0.491 e. The summed E-state index contributed by atoms with van der Waals surface area (Å²) in [6.45, 7) is 32.3. The van der Waals surface area contributed by atoms with Crippen molar-refractivity contribution in [2.75, 3.05) is 0 Å². The molecule has 0 fully saturated rings. The molecule has 0 aromatic rings. The van der Waals surface area contributed by atoms with Gasteiger partial charge in [-0.25, -0.2) is 4.79 Å². The summed E-state index contributed by atoms with van der Waals surface area (Å²) in [5.74, 6) is -0.327. The molecular formula is C23H50O4Si3. The van der Waals surface area contributed by atoms with Crippen LogP contribution >= 0.6 is 0 Å². The maximum Gasteiger partial charge on any atom is 0.398 e. The van der Waals surface area contributed by atoms with Crippen molar-refractivity contribution in [3.63, 3.8) is 0 Å². The van der Waals surface area contributed by atoms with Gasteiger partial charge in [0.15, 0.2) is 8.32 Å². The van der Waals surface area contributed by atoms with E-state index < -0.39 is 25.4 Å². The monoisotopic (exact) mass is 474 g/mol. The van der Waals surface area contributed by atoms with Crippen molar-refractivity contribution >= 4 is 31.4 Å². The highest BCUT2D eigenvalue weighted by Gasteiger charge is 2.57. The third-order valence-electron chi connectivity index (χ3n) is 6.73. The second kappa shape index (κ2) is 11.6. The first kappa shape index (κ1) is 29.8. The van der Waals surface area contributed by atoms with Crippen LogP contribution in [0, 0.1) is 0 Å². The SMILES string of the molecule is C=C(C)C(=O)O[Si](O[Si](C)(C)O[Si](C(C)C)(C(C)C)C(C)C)(C(C)CC)C(C)CC. The van der Waals surface area contributed by atoms with Crippen molar-refractivity contribution < 1.29 is 17.5 Å². The van der Waals surface area contributed by atoms with Crippen LogP contribution in [0.4, 0.5) is 0 Å². The summed E-state index contributed by atoms with van der Waals surface area (Å²) >= 11 is 0.